The zero-order valence-corrected chi connectivity index (χ0v) is 17.0. The smallest absolute Gasteiger partial charge is 0.240 e. The Balaban J connectivity index is 2.01. The van der Waals surface area contributed by atoms with Crippen molar-refractivity contribution in [3.63, 3.8) is 0 Å². The summed E-state index contributed by atoms with van der Waals surface area (Å²) in [5.74, 6) is 0.843. The van der Waals surface area contributed by atoms with E-state index in [0.717, 1.165) is 31.0 Å². The average Bonchev–Trinajstić information content (AvgIpc) is 3.17. The second kappa shape index (κ2) is 9.70. The van der Waals surface area contributed by atoms with Crippen LogP contribution < -0.4 is 10.0 Å². The number of aliphatic imine (C=N–C) groups is 1. The molecule has 26 heavy (non-hydrogen) atoms. The lowest BCUT2D eigenvalue weighted by Crippen LogP contribution is -2.39. The van der Waals surface area contributed by atoms with Crippen LogP contribution in [0.15, 0.2) is 51.7 Å². The van der Waals surface area contributed by atoms with Crippen LogP contribution in [0, 0.1) is 0 Å². The van der Waals surface area contributed by atoms with Crippen molar-refractivity contribution < 1.29 is 8.42 Å². The lowest BCUT2D eigenvalue weighted by molar-refractivity contribution is 0.486. The van der Waals surface area contributed by atoms with E-state index in [0.29, 0.717) is 6.54 Å². The molecular formula is C18H26N4O2S2. The Morgan fingerprint density at radius 2 is 1.96 bits per heavy atom. The van der Waals surface area contributed by atoms with Crippen LogP contribution in [-0.2, 0) is 23.0 Å². The summed E-state index contributed by atoms with van der Waals surface area (Å²) in [6.07, 6.45) is 0.981. The highest BCUT2D eigenvalue weighted by Gasteiger charge is 2.10. The number of nitrogens with one attached hydrogen (secondary N) is 2. The predicted octanol–water partition coefficient (Wildman–Crippen LogP) is 2.30. The quantitative estimate of drug-likeness (QED) is 0.532. The van der Waals surface area contributed by atoms with Crippen molar-refractivity contribution in [2.45, 2.75) is 24.8 Å². The molecule has 142 valence electrons. The second-order valence-corrected chi connectivity index (χ2v) is 8.69. The molecule has 0 saturated carbocycles. The number of hydrogen-bond acceptors (Lipinski definition) is 4. The monoisotopic (exact) mass is 394 g/mol. The van der Waals surface area contributed by atoms with E-state index in [2.05, 4.69) is 37.4 Å². The van der Waals surface area contributed by atoms with Gasteiger partial charge in [-0.05, 0) is 49.5 Å². The van der Waals surface area contributed by atoms with Crippen molar-refractivity contribution in [3.05, 3.63) is 52.2 Å². The molecule has 0 spiro atoms. The van der Waals surface area contributed by atoms with Gasteiger partial charge in [0.15, 0.2) is 5.96 Å². The molecule has 0 atom stereocenters. The van der Waals surface area contributed by atoms with Crippen molar-refractivity contribution in [2.24, 2.45) is 4.99 Å². The molecule has 0 fully saturated rings. The lowest BCUT2D eigenvalue weighted by Gasteiger charge is -2.21. The summed E-state index contributed by atoms with van der Waals surface area (Å²) in [6.45, 7) is 4.21. The number of likely N-dealkylation sites (N-methyl/N-ethyl adjacent to an activating group) is 1. The molecule has 0 unspecified atom stereocenters. The maximum absolute atomic E-state index is 11.8. The van der Waals surface area contributed by atoms with Gasteiger partial charge in [0.2, 0.25) is 10.0 Å². The van der Waals surface area contributed by atoms with Gasteiger partial charge in [-0.1, -0.05) is 18.2 Å². The molecule has 0 aliphatic carbocycles. The van der Waals surface area contributed by atoms with E-state index in [-0.39, 0.29) is 4.90 Å². The number of guanidine groups is 1. The first-order valence-corrected chi connectivity index (χ1v) is 10.9. The summed E-state index contributed by atoms with van der Waals surface area (Å²) in [7, 11) is 0.0279. The van der Waals surface area contributed by atoms with Crippen molar-refractivity contribution in [3.8, 4) is 0 Å². The Morgan fingerprint density at radius 1 is 1.23 bits per heavy atom. The van der Waals surface area contributed by atoms with Crippen LogP contribution in [0.25, 0.3) is 0 Å². The highest BCUT2D eigenvalue weighted by Crippen LogP contribution is 2.12. The largest absolute Gasteiger partial charge is 0.357 e. The molecule has 1 aromatic carbocycles. The molecule has 1 aromatic heterocycles. The first-order valence-electron chi connectivity index (χ1n) is 8.50. The Labute approximate surface area is 160 Å². The van der Waals surface area contributed by atoms with Crippen molar-refractivity contribution in [1.29, 1.82) is 0 Å². The summed E-state index contributed by atoms with van der Waals surface area (Å²) < 4.78 is 25.8. The SMILES string of the molecule is CCNC(=NCc1ccc(S(=O)(=O)NC)cc1)N(C)CCc1cccs1. The van der Waals surface area contributed by atoms with E-state index in [4.69, 9.17) is 0 Å². The fourth-order valence-electron chi connectivity index (χ4n) is 2.37. The van der Waals surface area contributed by atoms with E-state index >= 15 is 0 Å². The van der Waals surface area contributed by atoms with Crippen LogP contribution in [-0.4, -0.2) is 46.5 Å². The van der Waals surface area contributed by atoms with Crippen molar-refractivity contribution >= 4 is 27.3 Å². The zero-order valence-electron chi connectivity index (χ0n) is 15.4. The highest BCUT2D eigenvalue weighted by molar-refractivity contribution is 7.89. The Bertz CT molecular complexity index is 800. The van der Waals surface area contributed by atoms with Crippen molar-refractivity contribution in [1.82, 2.24) is 14.9 Å². The van der Waals surface area contributed by atoms with Gasteiger partial charge in [0.1, 0.15) is 0 Å². The van der Waals surface area contributed by atoms with E-state index < -0.39 is 10.0 Å². The third-order valence-corrected chi connectivity index (χ3v) is 6.25. The van der Waals surface area contributed by atoms with Crippen LogP contribution in [0.3, 0.4) is 0 Å². The number of sulfonamides is 1. The number of benzene rings is 1. The van der Waals surface area contributed by atoms with Crippen LogP contribution in [0.2, 0.25) is 0 Å². The van der Waals surface area contributed by atoms with E-state index in [1.54, 1.807) is 35.6 Å². The van der Waals surface area contributed by atoms with Gasteiger partial charge in [0.25, 0.3) is 0 Å². The van der Waals surface area contributed by atoms with Gasteiger partial charge in [-0.3, -0.25) is 0 Å². The van der Waals surface area contributed by atoms with Crippen LogP contribution >= 0.6 is 11.3 Å². The number of nitrogens with zero attached hydrogens (tertiary/aromatic N) is 2. The normalized spacial score (nSPS) is 12.2. The van der Waals surface area contributed by atoms with E-state index in [1.807, 2.05) is 14.0 Å². The minimum absolute atomic E-state index is 0.257. The lowest BCUT2D eigenvalue weighted by atomic mass is 10.2. The molecule has 0 aliphatic heterocycles. The Hall–Kier alpha value is -1.90. The minimum Gasteiger partial charge on any atom is -0.357 e. The van der Waals surface area contributed by atoms with Gasteiger partial charge in [0.05, 0.1) is 11.4 Å². The van der Waals surface area contributed by atoms with Gasteiger partial charge in [0, 0.05) is 25.0 Å². The molecule has 8 heteroatoms. The zero-order chi connectivity index (χ0) is 19.0. The van der Waals surface area contributed by atoms with Crippen LogP contribution in [0.1, 0.15) is 17.4 Å². The predicted molar refractivity (Wildman–Crippen MR) is 108 cm³/mol. The summed E-state index contributed by atoms with van der Waals surface area (Å²) >= 11 is 1.76. The summed E-state index contributed by atoms with van der Waals surface area (Å²) in [6, 6.07) is 11.0. The Morgan fingerprint density at radius 3 is 2.54 bits per heavy atom. The average molecular weight is 395 g/mol. The number of hydrogen-bond donors (Lipinski definition) is 2. The molecule has 2 N–H and O–H groups in total. The molecule has 0 aliphatic rings. The third-order valence-electron chi connectivity index (χ3n) is 3.88. The van der Waals surface area contributed by atoms with Gasteiger partial charge in [-0.2, -0.15) is 0 Å². The third kappa shape index (κ3) is 5.82. The fraction of sp³-hybridized carbons (Fsp3) is 0.389. The van der Waals surface area contributed by atoms with Crippen molar-refractivity contribution in [2.75, 3.05) is 27.2 Å². The minimum atomic E-state index is -3.40. The molecule has 2 rings (SSSR count). The standard InChI is InChI=1S/C18H26N4O2S2/c1-4-20-18(22(3)12-11-16-6-5-13-25-16)21-14-15-7-9-17(10-8-15)26(23,24)19-2/h5-10,13,19H,4,11-12,14H2,1-3H3,(H,20,21). The van der Waals surface area contributed by atoms with Gasteiger partial charge < -0.3 is 10.2 Å². The maximum Gasteiger partial charge on any atom is 0.240 e. The molecule has 0 amide bonds. The molecule has 0 bridgehead atoms. The summed E-state index contributed by atoms with van der Waals surface area (Å²) in [5.41, 5.74) is 0.960. The van der Waals surface area contributed by atoms with Crippen LogP contribution in [0.4, 0.5) is 0 Å². The number of rotatable bonds is 8. The molecular weight excluding hydrogens is 368 g/mol. The molecule has 2 aromatic rings. The molecule has 0 saturated heterocycles. The van der Waals surface area contributed by atoms with E-state index in [9.17, 15) is 8.42 Å². The van der Waals surface area contributed by atoms with Gasteiger partial charge in [-0.25, -0.2) is 18.1 Å². The maximum atomic E-state index is 11.8. The highest BCUT2D eigenvalue weighted by atomic mass is 32.2. The molecule has 0 radical (unpaired) electrons. The summed E-state index contributed by atoms with van der Waals surface area (Å²) in [5, 5.41) is 5.39. The number of thiophene rings is 1. The molecule has 1 heterocycles. The molecule has 6 nitrogen and oxygen atoms in total. The summed E-state index contributed by atoms with van der Waals surface area (Å²) in [4.78, 5) is 8.39. The van der Waals surface area contributed by atoms with Gasteiger partial charge >= 0.3 is 0 Å². The second-order valence-electron chi connectivity index (χ2n) is 5.77. The van der Waals surface area contributed by atoms with Crippen LogP contribution in [0.5, 0.6) is 0 Å². The topological polar surface area (TPSA) is 73.8 Å². The van der Waals surface area contributed by atoms with E-state index in [1.165, 1.54) is 11.9 Å². The van der Waals surface area contributed by atoms with Gasteiger partial charge in [-0.15, -0.1) is 11.3 Å². The first kappa shape index (κ1) is 20.4. The fourth-order valence-corrected chi connectivity index (χ4v) is 3.79. The Kier molecular flexibility index (Phi) is 7.62. The first-order chi connectivity index (χ1) is 12.5.